The Hall–Kier alpha value is -2.01. The maximum atomic E-state index is 13.0. The predicted octanol–water partition coefficient (Wildman–Crippen LogP) is 3.69. The molecule has 0 spiro atoms. The monoisotopic (exact) mass is 283 g/mol. The molecule has 6 heteroatoms. The Bertz CT molecular complexity index is 624. The van der Waals surface area contributed by atoms with Crippen molar-refractivity contribution in [3.8, 4) is 0 Å². The fourth-order valence-corrected chi connectivity index (χ4v) is 1.82. The van der Waals surface area contributed by atoms with Gasteiger partial charge in [-0.15, -0.1) is 0 Å². The number of aromatic carboxylic acids is 1. The predicted molar refractivity (Wildman–Crippen MR) is 69.1 cm³/mol. The number of hydrogen-bond donors (Lipinski definition) is 2. The molecule has 0 aliphatic heterocycles. The van der Waals surface area contributed by atoms with Gasteiger partial charge in [-0.3, -0.25) is 0 Å². The highest BCUT2D eigenvalue weighted by Gasteiger charge is 2.14. The third-order valence-electron chi connectivity index (χ3n) is 2.55. The molecule has 0 aliphatic rings. The molecule has 2 aromatic rings. The second kappa shape index (κ2) is 5.32. The normalized spacial score (nSPS) is 10.5. The number of furan rings is 1. The molecule has 0 saturated heterocycles. The Labute approximate surface area is 113 Å². The van der Waals surface area contributed by atoms with E-state index >= 15 is 0 Å². The van der Waals surface area contributed by atoms with Crippen molar-refractivity contribution in [2.45, 2.75) is 13.5 Å². The van der Waals surface area contributed by atoms with E-state index < -0.39 is 11.8 Å². The van der Waals surface area contributed by atoms with E-state index in [1.54, 1.807) is 13.0 Å². The van der Waals surface area contributed by atoms with Gasteiger partial charge in [0.25, 0.3) is 0 Å². The maximum absolute atomic E-state index is 13.0. The molecule has 100 valence electrons. The van der Waals surface area contributed by atoms with Gasteiger partial charge in [-0.05, 0) is 31.2 Å². The number of hydrogen-bond acceptors (Lipinski definition) is 3. The van der Waals surface area contributed by atoms with Crippen LogP contribution in [0.2, 0.25) is 5.02 Å². The first-order chi connectivity index (χ1) is 8.97. The molecular formula is C13H11ClFNO3. The number of rotatable bonds is 4. The van der Waals surface area contributed by atoms with Crippen LogP contribution in [0.4, 0.5) is 10.1 Å². The van der Waals surface area contributed by atoms with Crippen LogP contribution in [0.3, 0.4) is 0 Å². The fourth-order valence-electron chi connectivity index (χ4n) is 1.64. The second-order valence-electron chi connectivity index (χ2n) is 4.01. The largest absolute Gasteiger partial charge is 0.475 e. The van der Waals surface area contributed by atoms with Gasteiger partial charge in [0.1, 0.15) is 11.6 Å². The number of aryl methyl sites for hydroxylation is 1. The number of carboxylic acids is 1. The Morgan fingerprint density at radius 2 is 2.21 bits per heavy atom. The van der Waals surface area contributed by atoms with E-state index in [0.29, 0.717) is 17.0 Å². The van der Waals surface area contributed by atoms with E-state index in [-0.39, 0.29) is 17.3 Å². The zero-order valence-electron chi connectivity index (χ0n) is 10.0. The summed E-state index contributed by atoms with van der Waals surface area (Å²) in [5.41, 5.74) is 1.18. The van der Waals surface area contributed by atoms with E-state index in [4.69, 9.17) is 21.1 Å². The molecular weight excluding hydrogens is 273 g/mol. The van der Waals surface area contributed by atoms with Crippen LogP contribution in [0.1, 0.15) is 21.9 Å². The highest BCUT2D eigenvalue weighted by Crippen LogP contribution is 2.21. The quantitative estimate of drug-likeness (QED) is 0.898. The van der Waals surface area contributed by atoms with Gasteiger partial charge >= 0.3 is 5.97 Å². The summed E-state index contributed by atoms with van der Waals surface area (Å²) in [6.45, 7) is 1.95. The average molecular weight is 284 g/mol. The molecule has 2 rings (SSSR count). The minimum Gasteiger partial charge on any atom is -0.475 e. The standard InChI is InChI=1S/C13H11ClFNO3/c1-7-4-9(19-12(7)13(17)18)6-16-8-2-3-11(15)10(14)5-8/h2-5,16H,6H2,1H3,(H,17,18). The lowest BCUT2D eigenvalue weighted by Crippen LogP contribution is -1.99. The van der Waals surface area contributed by atoms with Crippen molar-refractivity contribution in [2.24, 2.45) is 0 Å². The summed E-state index contributed by atoms with van der Waals surface area (Å²) in [4.78, 5) is 10.8. The highest BCUT2D eigenvalue weighted by molar-refractivity contribution is 6.31. The maximum Gasteiger partial charge on any atom is 0.372 e. The van der Waals surface area contributed by atoms with Crippen molar-refractivity contribution in [2.75, 3.05) is 5.32 Å². The van der Waals surface area contributed by atoms with Crippen molar-refractivity contribution in [3.63, 3.8) is 0 Å². The lowest BCUT2D eigenvalue weighted by Gasteiger charge is -2.05. The van der Waals surface area contributed by atoms with Crippen molar-refractivity contribution in [1.82, 2.24) is 0 Å². The number of halogens is 2. The molecule has 0 bridgehead atoms. The topological polar surface area (TPSA) is 62.5 Å². The summed E-state index contributed by atoms with van der Waals surface area (Å²) in [6.07, 6.45) is 0. The lowest BCUT2D eigenvalue weighted by atomic mass is 10.2. The minimum absolute atomic E-state index is 0.0202. The van der Waals surface area contributed by atoms with Crippen LogP contribution < -0.4 is 5.32 Å². The van der Waals surface area contributed by atoms with Gasteiger partial charge in [0.05, 0.1) is 11.6 Å². The van der Waals surface area contributed by atoms with Crippen molar-refractivity contribution in [3.05, 3.63) is 52.2 Å². The van der Waals surface area contributed by atoms with Gasteiger partial charge in [-0.25, -0.2) is 9.18 Å². The summed E-state index contributed by atoms with van der Waals surface area (Å²) in [5.74, 6) is -1.19. The number of carbonyl (C=O) groups is 1. The molecule has 0 amide bonds. The summed E-state index contributed by atoms with van der Waals surface area (Å²) < 4.78 is 18.1. The van der Waals surface area contributed by atoms with Gasteiger partial charge in [0.15, 0.2) is 0 Å². The van der Waals surface area contributed by atoms with Crippen LogP contribution in [0, 0.1) is 12.7 Å². The molecule has 4 nitrogen and oxygen atoms in total. The van der Waals surface area contributed by atoms with Gasteiger partial charge in [0, 0.05) is 11.3 Å². The van der Waals surface area contributed by atoms with E-state index in [0.717, 1.165) is 0 Å². The summed E-state index contributed by atoms with van der Waals surface area (Å²) in [5, 5.41) is 11.8. The molecule has 1 heterocycles. The number of anilines is 1. The summed E-state index contributed by atoms with van der Waals surface area (Å²) >= 11 is 5.65. The molecule has 2 N–H and O–H groups in total. The molecule has 0 aliphatic carbocycles. The van der Waals surface area contributed by atoms with Crippen LogP contribution in [0.5, 0.6) is 0 Å². The van der Waals surface area contributed by atoms with Crippen LogP contribution in [0.15, 0.2) is 28.7 Å². The van der Waals surface area contributed by atoms with E-state index in [1.165, 1.54) is 18.2 Å². The molecule has 0 radical (unpaired) electrons. The van der Waals surface area contributed by atoms with Gasteiger partial charge < -0.3 is 14.8 Å². The second-order valence-corrected chi connectivity index (χ2v) is 4.42. The average Bonchev–Trinajstić information content (AvgIpc) is 2.72. The Morgan fingerprint density at radius 1 is 1.47 bits per heavy atom. The van der Waals surface area contributed by atoms with Gasteiger partial charge in [-0.2, -0.15) is 0 Å². The first-order valence-corrected chi connectivity index (χ1v) is 5.86. The number of carboxylic acid groups (broad SMARTS) is 1. The molecule has 0 saturated carbocycles. The van der Waals surface area contributed by atoms with Gasteiger partial charge in [-0.1, -0.05) is 11.6 Å². The van der Waals surface area contributed by atoms with Crippen LogP contribution >= 0.6 is 11.6 Å². The molecule has 0 fully saturated rings. The molecule has 0 unspecified atom stereocenters. The van der Waals surface area contributed by atoms with E-state index in [2.05, 4.69) is 5.32 Å². The molecule has 19 heavy (non-hydrogen) atoms. The third kappa shape index (κ3) is 3.06. The van der Waals surface area contributed by atoms with E-state index in [9.17, 15) is 9.18 Å². The van der Waals surface area contributed by atoms with Crippen molar-refractivity contribution < 1.29 is 18.7 Å². The van der Waals surface area contributed by atoms with Crippen molar-refractivity contribution >= 4 is 23.3 Å². The van der Waals surface area contributed by atoms with Crippen molar-refractivity contribution in [1.29, 1.82) is 0 Å². The van der Waals surface area contributed by atoms with E-state index in [1.807, 2.05) is 0 Å². The Balaban J connectivity index is 2.08. The number of benzene rings is 1. The first-order valence-electron chi connectivity index (χ1n) is 5.49. The zero-order valence-corrected chi connectivity index (χ0v) is 10.8. The zero-order chi connectivity index (χ0) is 14.0. The van der Waals surface area contributed by atoms with Crippen LogP contribution in [-0.2, 0) is 6.54 Å². The van der Waals surface area contributed by atoms with Gasteiger partial charge in [0.2, 0.25) is 5.76 Å². The molecule has 0 atom stereocenters. The fraction of sp³-hybridized carbons (Fsp3) is 0.154. The lowest BCUT2D eigenvalue weighted by molar-refractivity contribution is 0.0659. The highest BCUT2D eigenvalue weighted by atomic mass is 35.5. The van der Waals surface area contributed by atoms with Crippen LogP contribution in [-0.4, -0.2) is 11.1 Å². The SMILES string of the molecule is Cc1cc(CNc2ccc(F)c(Cl)c2)oc1C(=O)O. The summed E-state index contributed by atoms with van der Waals surface area (Å²) in [6, 6.07) is 5.88. The summed E-state index contributed by atoms with van der Waals surface area (Å²) in [7, 11) is 0. The third-order valence-corrected chi connectivity index (χ3v) is 2.84. The number of nitrogens with one attached hydrogen (secondary N) is 1. The first kappa shape index (κ1) is 13.4. The Kier molecular flexibility index (Phi) is 3.76. The minimum atomic E-state index is -1.10. The Morgan fingerprint density at radius 3 is 2.79 bits per heavy atom. The molecule has 1 aromatic carbocycles. The smallest absolute Gasteiger partial charge is 0.372 e. The van der Waals surface area contributed by atoms with Crippen LogP contribution in [0.25, 0.3) is 0 Å². The molecule has 1 aromatic heterocycles.